The normalized spacial score (nSPS) is 12.5. The van der Waals surface area contributed by atoms with Gasteiger partial charge in [-0.1, -0.05) is 84.9 Å². The van der Waals surface area contributed by atoms with Crippen LogP contribution >= 0.6 is 9.47 Å². The molecule has 0 saturated heterocycles. The number of nitro benzene ring substituents is 1. The maximum Gasteiger partial charge on any atom is 0.276 e. The molecule has 0 aliphatic rings. The lowest BCUT2D eigenvalue weighted by Crippen LogP contribution is -2.48. The van der Waals surface area contributed by atoms with E-state index in [0.717, 1.165) is 6.61 Å². The van der Waals surface area contributed by atoms with Gasteiger partial charge in [0.25, 0.3) is 5.69 Å². The van der Waals surface area contributed by atoms with Crippen molar-refractivity contribution in [3.8, 4) is 17.6 Å². The number of benzene rings is 4. The predicted octanol–water partition coefficient (Wildman–Crippen LogP) is 8.20. The maximum atomic E-state index is 12.5. The molecule has 4 rings (SSSR count). The van der Waals surface area contributed by atoms with Crippen LogP contribution in [0.1, 0.15) is 56.9 Å². The maximum absolute atomic E-state index is 12.5. The predicted molar refractivity (Wildman–Crippen MR) is 193 cm³/mol. The molecule has 0 radical (unpaired) electrons. The van der Waals surface area contributed by atoms with E-state index in [9.17, 15) is 15.4 Å². The van der Waals surface area contributed by atoms with Gasteiger partial charge in [0.05, 0.1) is 24.7 Å². The molecule has 0 N–H and O–H groups in total. The second kappa shape index (κ2) is 18.4. The fraction of sp³-hybridized carbons (Fsp3) is 0.342. The van der Waals surface area contributed by atoms with Gasteiger partial charge in [0.1, 0.15) is 18.3 Å². The van der Waals surface area contributed by atoms with Crippen LogP contribution in [0.2, 0.25) is 0 Å². The van der Waals surface area contributed by atoms with Crippen molar-refractivity contribution >= 4 is 15.2 Å². The van der Waals surface area contributed by atoms with Crippen LogP contribution in [0.3, 0.4) is 0 Å². The molecule has 0 fully saturated rings. The summed E-state index contributed by atoms with van der Waals surface area (Å²) in [4.78, 5) is 18.3. The molecule has 4 aromatic rings. The number of rotatable bonds is 15. The summed E-state index contributed by atoms with van der Waals surface area (Å²) >= 11 is 0. The highest BCUT2D eigenvalue weighted by Gasteiger charge is 2.51. The molecule has 2 atom stereocenters. The fourth-order valence-electron chi connectivity index (χ4n) is 5.73. The number of nitrogens with zero attached hydrogens (tertiary/aromatic N) is 3. The molecule has 260 valence electrons. The van der Waals surface area contributed by atoms with Gasteiger partial charge in [-0.2, -0.15) is 10.3 Å². The van der Waals surface area contributed by atoms with E-state index in [1.54, 1.807) is 36.4 Å². The summed E-state index contributed by atoms with van der Waals surface area (Å²) in [5.74, 6) is 0.833. The molecule has 4 aromatic carbocycles. The van der Waals surface area contributed by atoms with Gasteiger partial charge in [-0.3, -0.25) is 15.0 Å². The van der Waals surface area contributed by atoms with Crippen LogP contribution in [0, 0.1) is 21.4 Å². The Kier molecular flexibility index (Phi) is 14.7. The topological polar surface area (TPSA) is 116 Å². The van der Waals surface area contributed by atoms with Crippen LogP contribution in [0.15, 0.2) is 103 Å². The summed E-state index contributed by atoms with van der Waals surface area (Å²) in [6, 6.07) is 32.6. The first-order valence-electron chi connectivity index (χ1n) is 16.0. The highest BCUT2D eigenvalue weighted by Crippen LogP contribution is 2.51. The average molecular weight is 688 g/mol. The molecule has 0 aliphatic heterocycles. The highest BCUT2D eigenvalue weighted by atomic mass is 31.0. The Labute approximate surface area is 291 Å². The van der Waals surface area contributed by atoms with Crippen LogP contribution in [0.4, 0.5) is 5.69 Å². The number of methoxy groups -OCH3 is 2. The number of para-hydroxylation sites is 2. The molecule has 0 bridgehead atoms. The quantitative estimate of drug-likeness (QED) is 0.0528. The molecule has 0 spiro atoms. The van der Waals surface area contributed by atoms with Crippen molar-refractivity contribution in [2.75, 3.05) is 27.4 Å². The van der Waals surface area contributed by atoms with Crippen LogP contribution in [0.5, 0.6) is 11.5 Å². The van der Waals surface area contributed by atoms with Crippen LogP contribution in [-0.4, -0.2) is 49.5 Å². The monoisotopic (exact) mass is 687 g/mol. The minimum Gasteiger partial charge on any atom is -0.493 e. The summed E-state index contributed by atoms with van der Waals surface area (Å²) in [6.07, 6.45) is 0. The van der Waals surface area contributed by atoms with Crippen molar-refractivity contribution in [1.82, 2.24) is 5.06 Å². The van der Waals surface area contributed by atoms with E-state index in [2.05, 4.69) is 20.1 Å². The van der Waals surface area contributed by atoms with Gasteiger partial charge in [-0.05, 0) is 57.9 Å². The number of hydroxylamine groups is 2. The largest absolute Gasteiger partial charge is 0.493 e. The molecule has 0 heterocycles. The van der Waals surface area contributed by atoms with Crippen LogP contribution in [-0.2, 0) is 25.3 Å². The molecule has 0 amide bonds. The molecule has 11 heteroatoms. The third kappa shape index (κ3) is 8.82. The van der Waals surface area contributed by atoms with Crippen molar-refractivity contribution in [2.45, 2.75) is 57.9 Å². The van der Waals surface area contributed by atoms with Gasteiger partial charge in [-0.15, -0.1) is 0 Å². The van der Waals surface area contributed by atoms with Crippen LogP contribution < -0.4 is 9.47 Å². The fourth-order valence-corrected chi connectivity index (χ4v) is 5.73. The molecule has 49 heavy (non-hydrogen) atoms. The highest BCUT2D eigenvalue weighted by molar-refractivity contribution is 7.09. The lowest BCUT2D eigenvalue weighted by molar-refractivity contribution is -0.387. The lowest BCUT2D eigenvalue weighted by atomic mass is 9.78. The smallest absolute Gasteiger partial charge is 0.276 e. The second-order valence-electron chi connectivity index (χ2n) is 11.5. The Hall–Kier alpha value is -4.36. The summed E-state index contributed by atoms with van der Waals surface area (Å²) in [6.45, 7) is 10.3. The Morgan fingerprint density at radius 2 is 1.33 bits per heavy atom. The van der Waals surface area contributed by atoms with Gasteiger partial charge < -0.3 is 18.7 Å². The van der Waals surface area contributed by atoms with E-state index >= 15 is 0 Å². The minimum atomic E-state index is -2.01. The summed E-state index contributed by atoms with van der Waals surface area (Å²) in [5, 5.41) is 25.4. The number of hydrogen-bond acceptors (Lipinski definition) is 9. The standard InChI is InChI=1S/C36H39N3O6.C2H7OP/c1-26(2)38(27(3)4)44-25-35(24-37,30-20-13-14-22-32(30)39(40)41)45-36(28-16-9-7-10-17-28,29-18-11-8-12-19-29)31-21-15-23-33(42-5)34(31)43-6;1-2-3-4/h7-23,26-27H,25H2,1-6H3;2,4H2,1H3. The first-order chi connectivity index (χ1) is 23.6. The van der Waals surface area contributed by atoms with Gasteiger partial charge >= 0.3 is 0 Å². The molecule has 0 aliphatic carbocycles. The third-order valence-corrected chi connectivity index (χ3v) is 8.12. The molecular formula is C38H46N3O7P. The summed E-state index contributed by atoms with van der Waals surface area (Å²) in [7, 11) is 5.23. The van der Waals surface area contributed by atoms with E-state index < -0.39 is 16.1 Å². The summed E-state index contributed by atoms with van der Waals surface area (Å²) in [5.41, 5.74) is -1.92. The Morgan fingerprint density at radius 1 is 0.816 bits per heavy atom. The Morgan fingerprint density at radius 3 is 1.78 bits per heavy atom. The van der Waals surface area contributed by atoms with E-state index in [-0.39, 0.29) is 29.9 Å². The average Bonchev–Trinajstić information content (AvgIpc) is 3.13. The van der Waals surface area contributed by atoms with Gasteiger partial charge in [0.15, 0.2) is 11.5 Å². The number of hydrogen-bond donors (Lipinski definition) is 0. The van der Waals surface area contributed by atoms with Crippen molar-refractivity contribution in [3.63, 3.8) is 0 Å². The zero-order valence-corrected chi connectivity index (χ0v) is 30.3. The first kappa shape index (κ1) is 39.1. The Balaban J connectivity index is 0.00000154. The Bertz CT molecular complexity index is 1620. The van der Waals surface area contributed by atoms with E-state index in [1.807, 2.05) is 107 Å². The minimum absolute atomic E-state index is 0.0568. The van der Waals surface area contributed by atoms with Crippen molar-refractivity contribution in [2.24, 2.45) is 0 Å². The van der Waals surface area contributed by atoms with Crippen molar-refractivity contribution in [1.29, 1.82) is 5.26 Å². The lowest BCUT2D eigenvalue weighted by Gasteiger charge is -2.43. The zero-order chi connectivity index (χ0) is 36.0. The van der Waals surface area contributed by atoms with Gasteiger partial charge in [-0.25, -0.2) is 0 Å². The van der Waals surface area contributed by atoms with Gasteiger partial charge in [0.2, 0.25) is 5.60 Å². The zero-order valence-electron chi connectivity index (χ0n) is 29.2. The van der Waals surface area contributed by atoms with Gasteiger partial charge in [0, 0.05) is 39.8 Å². The van der Waals surface area contributed by atoms with Crippen molar-refractivity contribution in [3.05, 3.63) is 135 Å². The molecule has 2 unspecified atom stereocenters. The van der Waals surface area contributed by atoms with E-state index in [1.165, 1.54) is 13.2 Å². The third-order valence-electron chi connectivity index (χ3n) is 7.79. The summed E-state index contributed by atoms with van der Waals surface area (Å²) < 4.78 is 23.4. The molecular weight excluding hydrogens is 641 g/mol. The first-order valence-corrected chi connectivity index (χ1v) is 16.4. The SMILES string of the molecule is CCOP.COc1cccc(C(OC(C#N)(CON(C(C)C)C(C)C)c2ccccc2[N+](=O)[O-])(c2ccccc2)c2ccccc2)c1OC. The second-order valence-corrected chi connectivity index (χ2v) is 11.9. The van der Waals surface area contributed by atoms with Crippen LogP contribution in [0.25, 0.3) is 0 Å². The molecule has 0 aromatic heterocycles. The number of nitriles is 1. The number of nitro groups is 1. The molecule has 10 nitrogen and oxygen atoms in total. The van der Waals surface area contributed by atoms with E-state index in [0.29, 0.717) is 28.2 Å². The number of ether oxygens (including phenoxy) is 3. The van der Waals surface area contributed by atoms with E-state index in [4.69, 9.17) is 19.0 Å². The molecule has 0 saturated carbocycles. The van der Waals surface area contributed by atoms with Crippen molar-refractivity contribution < 1.29 is 28.5 Å².